The quantitative estimate of drug-likeness (QED) is 0.631. The minimum atomic E-state index is -0.987. The van der Waals surface area contributed by atoms with Gasteiger partial charge in [-0.25, -0.2) is 4.98 Å². The number of pyridine rings is 1. The van der Waals surface area contributed by atoms with E-state index in [0.717, 1.165) is 5.39 Å². The number of ether oxygens (including phenoxy) is 1. The molecule has 154 valence electrons. The van der Waals surface area contributed by atoms with Crippen LogP contribution >= 0.6 is 11.6 Å². The van der Waals surface area contributed by atoms with Crippen molar-refractivity contribution in [2.45, 2.75) is 26.0 Å². The number of para-hydroxylation sites is 1. The van der Waals surface area contributed by atoms with Gasteiger partial charge in [0, 0.05) is 24.7 Å². The molecular formula is C22H20ClN3O4. The van der Waals surface area contributed by atoms with Crippen LogP contribution in [0.25, 0.3) is 17.0 Å². The number of rotatable bonds is 4. The summed E-state index contributed by atoms with van der Waals surface area (Å²) >= 11 is 6.38. The van der Waals surface area contributed by atoms with Crippen LogP contribution in [-0.2, 0) is 16.1 Å². The number of halogens is 1. The van der Waals surface area contributed by atoms with Crippen molar-refractivity contribution in [1.29, 1.82) is 0 Å². The molecule has 0 bridgehead atoms. The van der Waals surface area contributed by atoms with E-state index in [-0.39, 0.29) is 18.4 Å². The van der Waals surface area contributed by atoms with Gasteiger partial charge < -0.3 is 19.4 Å². The molecular weight excluding hydrogens is 406 g/mol. The maximum atomic E-state index is 12.5. The van der Waals surface area contributed by atoms with Crippen molar-refractivity contribution in [2.75, 3.05) is 12.4 Å². The number of benzene rings is 1. The summed E-state index contributed by atoms with van der Waals surface area (Å²) in [5.74, 6) is 0.866. The normalized spacial score (nSPS) is 15.0. The maximum absolute atomic E-state index is 12.5. The number of hydrogen-bond donors (Lipinski definition) is 1. The van der Waals surface area contributed by atoms with E-state index in [2.05, 4.69) is 10.3 Å². The molecule has 0 radical (unpaired) electrons. The average molecular weight is 426 g/mol. The van der Waals surface area contributed by atoms with Crippen LogP contribution in [0.4, 0.5) is 5.82 Å². The number of carbonyl (C=O) groups excluding carboxylic acids is 2. The third-order valence-corrected chi connectivity index (χ3v) is 5.21. The number of carbonyl (C=O) groups is 2. The van der Waals surface area contributed by atoms with Crippen LogP contribution in [-0.4, -0.2) is 34.3 Å². The Morgan fingerprint density at radius 1 is 1.33 bits per heavy atom. The first-order valence-corrected chi connectivity index (χ1v) is 9.72. The van der Waals surface area contributed by atoms with Crippen LogP contribution in [0.3, 0.4) is 0 Å². The van der Waals surface area contributed by atoms with E-state index in [9.17, 15) is 9.59 Å². The summed E-state index contributed by atoms with van der Waals surface area (Å²) in [5, 5.41) is 4.04. The summed E-state index contributed by atoms with van der Waals surface area (Å²) < 4.78 is 11.5. The minimum Gasteiger partial charge on any atom is -0.474 e. The second-order valence-electron chi connectivity index (χ2n) is 7.54. The summed E-state index contributed by atoms with van der Waals surface area (Å²) in [6, 6.07) is 9.19. The summed E-state index contributed by atoms with van der Waals surface area (Å²) in [4.78, 5) is 30.2. The topological polar surface area (TPSA) is 84.7 Å². The molecule has 2 aromatic heterocycles. The summed E-state index contributed by atoms with van der Waals surface area (Å²) in [7, 11) is 1.67. The van der Waals surface area contributed by atoms with Gasteiger partial charge >= 0.3 is 0 Å². The van der Waals surface area contributed by atoms with Crippen molar-refractivity contribution in [1.82, 2.24) is 9.88 Å². The van der Waals surface area contributed by atoms with Crippen LogP contribution in [0.15, 0.2) is 47.0 Å². The number of aromatic nitrogens is 1. The first-order valence-electron chi connectivity index (χ1n) is 9.34. The molecule has 1 N–H and O–H groups in total. The zero-order valence-electron chi connectivity index (χ0n) is 16.7. The van der Waals surface area contributed by atoms with Crippen molar-refractivity contribution in [2.24, 2.45) is 0 Å². The molecule has 0 spiro atoms. The average Bonchev–Trinajstić information content (AvgIpc) is 3.02. The molecule has 0 unspecified atom stereocenters. The summed E-state index contributed by atoms with van der Waals surface area (Å²) in [6.07, 6.45) is 4.63. The number of nitrogens with zero attached hydrogens (tertiary/aromatic N) is 2. The van der Waals surface area contributed by atoms with Gasteiger partial charge in [0.05, 0.1) is 11.6 Å². The Balaban J connectivity index is 1.47. The van der Waals surface area contributed by atoms with Crippen molar-refractivity contribution in [3.05, 3.63) is 59.0 Å². The Morgan fingerprint density at radius 2 is 2.10 bits per heavy atom. The van der Waals surface area contributed by atoms with Crippen molar-refractivity contribution >= 4 is 46.3 Å². The van der Waals surface area contributed by atoms with Gasteiger partial charge in [0.25, 0.3) is 5.91 Å². The number of anilines is 1. The Bertz CT molecular complexity index is 1180. The van der Waals surface area contributed by atoms with E-state index >= 15 is 0 Å². The summed E-state index contributed by atoms with van der Waals surface area (Å²) in [5.41, 5.74) is 0.368. The molecule has 3 heterocycles. The fraction of sp³-hybridized carbons (Fsp3) is 0.227. The van der Waals surface area contributed by atoms with Crippen LogP contribution in [0.2, 0.25) is 5.02 Å². The lowest BCUT2D eigenvalue weighted by molar-refractivity contribution is -0.129. The summed E-state index contributed by atoms with van der Waals surface area (Å²) in [6.45, 7) is 3.59. The molecule has 4 rings (SSSR count). The predicted octanol–water partition coefficient (Wildman–Crippen LogP) is 4.26. The lowest BCUT2D eigenvalue weighted by Gasteiger charge is -2.30. The van der Waals surface area contributed by atoms with Crippen molar-refractivity contribution < 1.29 is 18.7 Å². The number of fused-ring (bicyclic) bond motifs is 2. The van der Waals surface area contributed by atoms with Gasteiger partial charge in [-0.15, -0.1) is 0 Å². The molecule has 1 aliphatic rings. The number of nitrogens with one attached hydrogen (secondary N) is 1. The molecule has 0 aliphatic carbocycles. The van der Waals surface area contributed by atoms with E-state index in [0.29, 0.717) is 33.5 Å². The number of furan rings is 1. The maximum Gasteiger partial charge on any atom is 0.269 e. The van der Waals surface area contributed by atoms with E-state index in [4.69, 9.17) is 20.8 Å². The first kappa shape index (κ1) is 20.0. The molecule has 0 saturated carbocycles. The first-order chi connectivity index (χ1) is 14.2. The van der Waals surface area contributed by atoms with E-state index < -0.39 is 5.60 Å². The molecule has 30 heavy (non-hydrogen) atoms. The van der Waals surface area contributed by atoms with Gasteiger partial charge in [0.15, 0.2) is 17.2 Å². The highest BCUT2D eigenvalue weighted by atomic mass is 35.5. The van der Waals surface area contributed by atoms with Gasteiger partial charge in [-0.2, -0.15) is 0 Å². The highest BCUT2D eigenvalue weighted by Gasteiger charge is 2.36. The Labute approximate surface area is 178 Å². The van der Waals surface area contributed by atoms with Crippen molar-refractivity contribution in [3.63, 3.8) is 0 Å². The molecule has 3 aromatic rings. The standard InChI is InChI=1S/C22H20ClN3O4/c1-22(2)21(28)25-20-16(30-22)10-13(11-24-20)8-9-18(27)26(3)12-17-19(23)14-6-4-5-7-15(14)29-17/h4-11H,12H2,1-3H3,(H,24,25,28). The fourth-order valence-electron chi connectivity index (χ4n) is 3.06. The monoisotopic (exact) mass is 425 g/mol. The van der Waals surface area contributed by atoms with Crippen LogP contribution in [0.5, 0.6) is 5.75 Å². The molecule has 0 saturated heterocycles. The number of amides is 2. The third-order valence-electron chi connectivity index (χ3n) is 4.79. The zero-order valence-corrected chi connectivity index (χ0v) is 17.5. The van der Waals surface area contributed by atoms with Crippen LogP contribution < -0.4 is 10.1 Å². The molecule has 7 nitrogen and oxygen atoms in total. The van der Waals surface area contributed by atoms with Crippen molar-refractivity contribution in [3.8, 4) is 5.75 Å². The third kappa shape index (κ3) is 3.76. The zero-order chi connectivity index (χ0) is 21.5. The highest BCUT2D eigenvalue weighted by Crippen LogP contribution is 2.33. The van der Waals surface area contributed by atoms with E-state index in [1.54, 1.807) is 39.2 Å². The smallest absolute Gasteiger partial charge is 0.269 e. The van der Waals surface area contributed by atoms with Gasteiger partial charge in [0.2, 0.25) is 5.91 Å². The highest BCUT2D eigenvalue weighted by molar-refractivity contribution is 6.36. The molecule has 1 aliphatic heterocycles. The lowest BCUT2D eigenvalue weighted by Crippen LogP contribution is -2.46. The van der Waals surface area contributed by atoms with Gasteiger partial charge in [0.1, 0.15) is 11.3 Å². The molecule has 1 aromatic carbocycles. The second-order valence-corrected chi connectivity index (χ2v) is 7.92. The molecule has 0 fully saturated rings. The van der Waals surface area contributed by atoms with E-state index in [1.807, 2.05) is 24.3 Å². The van der Waals surface area contributed by atoms with E-state index in [1.165, 1.54) is 11.0 Å². The Kier molecular flexibility index (Phi) is 4.99. The van der Waals surface area contributed by atoms with Gasteiger partial charge in [-0.3, -0.25) is 9.59 Å². The molecule has 8 heteroatoms. The number of hydrogen-bond acceptors (Lipinski definition) is 5. The molecule has 0 atom stereocenters. The largest absolute Gasteiger partial charge is 0.474 e. The minimum absolute atomic E-state index is 0.223. The molecule has 2 amide bonds. The SMILES string of the molecule is CN(Cc1oc2ccccc2c1Cl)C(=O)C=Cc1cnc2c(c1)OC(C)(C)C(=O)N2. The Morgan fingerprint density at radius 3 is 2.87 bits per heavy atom. The predicted molar refractivity (Wildman–Crippen MR) is 114 cm³/mol. The van der Waals surface area contributed by atoms with Crippen LogP contribution in [0.1, 0.15) is 25.2 Å². The second kappa shape index (κ2) is 7.50. The lowest BCUT2D eigenvalue weighted by atomic mass is 10.1. The fourth-order valence-corrected chi connectivity index (χ4v) is 3.31. The van der Waals surface area contributed by atoms with Crippen LogP contribution in [0, 0.1) is 0 Å². The Hall–Kier alpha value is -3.32. The van der Waals surface area contributed by atoms with Gasteiger partial charge in [-0.05, 0) is 43.7 Å². The number of likely N-dealkylation sites (N-methyl/N-ethyl adjacent to an activating group) is 1. The van der Waals surface area contributed by atoms with Gasteiger partial charge in [-0.1, -0.05) is 23.7 Å².